The number of primary amides is 1. The molecule has 7 atom stereocenters. The molecular formula is C25H29N3O7. The normalized spacial score (nSPS) is 36.7. The number of rotatable bonds is 3. The third-order valence-electron chi connectivity index (χ3n) is 8.35. The molecule has 10 nitrogen and oxygen atoms in total. The Balaban J connectivity index is 1.60. The first-order valence-electron chi connectivity index (χ1n) is 11.9. The summed E-state index contributed by atoms with van der Waals surface area (Å²) in [7, 11) is 3.13. The van der Waals surface area contributed by atoms with Crippen LogP contribution in [-0.4, -0.2) is 76.4 Å². The number of hydrogen-bond acceptors (Lipinski definition) is 9. The maximum absolute atomic E-state index is 13.7. The lowest BCUT2D eigenvalue weighted by molar-refractivity contribution is -0.181. The summed E-state index contributed by atoms with van der Waals surface area (Å²) in [6.45, 7) is 0.862. The van der Waals surface area contributed by atoms with E-state index in [1.54, 1.807) is 14.1 Å². The molecule has 0 aromatic heterocycles. The van der Waals surface area contributed by atoms with Gasteiger partial charge >= 0.3 is 0 Å². The van der Waals surface area contributed by atoms with Crippen molar-refractivity contribution in [3.63, 3.8) is 0 Å². The molecule has 0 radical (unpaired) electrons. The lowest BCUT2D eigenvalue weighted by atomic mass is 9.52. The van der Waals surface area contributed by atoms with Gasteiger partial charge in [0.05, 0.1) is 17.5 Å². The molecule has 1 heterocycles. The Kier molecular flexibility index (Phi) is 5.46. The number of Topliss-reactive ketones (excluding diaryl/α,β-unsaturated/α-hetero) is 4. The monoisotopic (exact) mass is 483 g/mol. The van der Waals surface area contributed by atoms with Crippen molar-refractivity contribution in [2.45, 2.75) is 43.4 Å². The number of hydrogen-bond donors (Lipinski definition) is 4. The Morgan fingerprint density at radius 1 is 1.17 bits per heavy atom. The van der Waals surface area contributed by atoms with E-state index in [9.17, 15) is 34.2 Å². The molecule has 3 fully saturated rings. The highest BCUT2D eigenvalue weighted by atomic mass is 16.3. The predicted molar refractivity (Wildman–Crippen MR) is 121 cm³/mol. The summed E-state index contributed by atoms with van der Waals surface area (Å²) in [5, 5.41) is 25.7. The summed E-state index contributed by atoms with van der Waals surface area (Å²) >= 11 is 0. The Labute approximate surface area is 201 Å². The lowest BCUT2D eigenvalue weighted by Gasteiger charge is -2.52. The van der Waals surface area contributed by atoms with Gasteiger partial charge in [0, 0.05) is 12.0 Å². The molecule has 5 rings (SSSR count). The van der Waals surface area contributed by atoms with E-state index < -0.39 is 64.4 Å². The number of phenolic OH excluding ortho intramolecular Hbond substituents is 1. The van der Waals surface area contributed by atoms with Crippen molar-refractivity contribution < 1.29 is 34.2 Å². The Morgan fingerprint density at radius 3 is 2.49 bits per heavy atom. The van der Waals surface area contributed by atoms with Gasteiger partial charge in [0.25, 0.3) is 0 Å². The molecule has 1 amide bonds. The molecule has 1 aromatic carbocycles. The number of aliphatic hydroxyl groups is 1. The molecule has 1 aliphatic heterocycles. The van der Waals surface area contributed by atoms with E-state index in [0.717, 1.165) is 24.9 Å². The van der Waals surface area contributed by atoms with Gasteiger partial charge in [-0.1, -0.05) is 6.07 Å². The molecule has 5 N–H and O–H groups in total. The summed E-state index contributed by atoms with van der Waals surface area (Å²) < 4.78 is 0. The number of amides is 1. The van der Waals surface area contributed by atoms with Crippen LogP contribution in [0.3, 0.4) is 0 Å². The first kappa shape index (κ1) is 23.8. The zero-order valence-corrected chi connectivity index (χ0v) is 19.6. The number of benzene rings is 1. The molecular weight excluding hydrogens is 454 g/mol. The van der Waals surface area contributed by atoms with E-state index in [4.69, 9.17) is 5.73 Å². The van der Waals surface area contributed by atoms with Crippen molar-refractivity contribution in [2.75, 3.05) is 20.6 Å². The topological polar surface area (TPSA) is 167 Å². The number of nitrogens with one attached hydrogen (secondary N) is 1. The van der Waals surface area contributed by atoms with E-state index in [0.29, 0.717) is 5.56 Å². The van der Waals surface area contributed by atoms with Gasteiger partial charge in [0.15, 0.2) is 34.7 Å². The van der Waals surface area contributed by atoms with Crippen LogP contribution in [-0.2, 0) is 25.6 Å². The number of carbonyl (C=O) groups is 5. The van der Waals surface area contributed by atoms with Crippen LogP contribution in [0.4, 0.5) is 0 Å². The summed E-state index contributed by atoms with van der Waals surface area (Å²) in [5.41, 5.74) is 4.13. The van der Waals surface area contributed by atoms with E-state index in [-0.39, 0.29) is 30.2 Å². The third kappa shape index (κ3) is 3.23. The van der Waals surface area contributed by atoms with Gasteiger partial charge in [-0.15, -0.1) is 0 Å². The molecule has 0 bridgehead atoms. The third-order valence-corrected chi connectivity index (χ3v) is 8.35. The lowest BCUT2D eigenvalue weighted by Crippen LogP contribution is -2.74. The average molecular weight is 484 g/mol. The number of fused-ring (bicyclic) bond motifs is 3. The summed E-state index contributed by atoms with van der Waals surface area (Å²) in [5.74, 6) is -10.2. The van der Waals surface area contributed by atoms with Crippen LogP contribution in [0.15, 0.2) is 12.1 Å². The molecule has 7 unspecified atom stereocenters. The fourth-order valence-electron chi connectivity index (χ4n) is 6.83. The van der Waals surface area contributed by atoms with E-state index >= 15 is 0 Å². The highest BCUT2D eigenvalue weighted by Crippen LogP contribution is 2.51. The number of ketones is 4. The van der Waals surface area contributed by atoms with Gasteiger partial charge < -0.3 is 21.3 Å². The van der Waals surface area contributed by atoms with Gasteiger partial charge in [-0.25, -0.2) is 0 Å². The number of aromatic hydroxyl groups is 1. The number of likely N-dealkylation sites (N-methyl/N-ethyl adjacent to an activating group) is 1. The second kappa shape index (κ2) is 8.04. The fourth-order valence-corrected chi connectivity index (χ4v) is 6.83. The van der Waals surface area contributed by atoms with Gasteiger partial charge in [-0.3, -0.25) is 28.9 Å². The average Bonchev–Trinajstić information content (AvgIpc) is 3.30. The van der Waals surface area contributed by atoms with Crippen molar-refractivity contribution in [1.82, 2.24) is 10.2 Å². The minimum absolute atomic E-state index is 0.0262. The van der Waals surface area contributed by atoms with Gasteiger partial charge in [0.1, 0.15) is 5.75 Å². The van der Waals surface area contributed by atoms with Crippen LogP contribution in [0, 0.1) is 23.7 Å². The molecule has 186 valence electrons. The van der Waals surface area contributed by atoms with Gasteiger partial charge in [-0.05, 0) is 69.4 Å². The largest absolute Gasteiger partial charge is 0.507 e. The molecule has 1 saturated heterocycles. The Hall–Kier alpha value is -2.95. The fraction of sp³-hybridized carbons (Fsp3) is 0.560. The minimum atomic E-state index is -2.69. The summed E-state index contributed by atoms with van der Waals surface area (Å²) in [4.78, 5) is 67.0. The van der Waals surface area contributed by atoms with E-state index in [2.05, 4.69) is 5.32 Å². The van der Waals surface area contributed by atoms with Crippen LogP contribution in [0.25, 0.3) is 0 Å². The second-order valence-electron chi connectivity index (χ2n) is 10.5. The maximum Gasteiger partial charge on any atom is 0.235 e. The predicted octanol–water partition coefficient (Wildman–Crippen LogP) is -0.708. The van der Waals surface area contributed by atoms with Crippen molar-refractivity contribution in [1.29, 1.82) is 0 Å². The minimum Gasteiger partial charge on any atom is -0.507 e. The Morgan fingerprint density at radius 2 is 1.89 bits per heavy atom. The number of nitrogens with zero attached hydrogens (tertiary/aromatic N) is 1. The summed E-state index contributed by atoms with van der Waals surface area (Å²) in [6.07, 6.45) is 2.24. The van der Waals surface area contributed by atoms with Crippen molar-refractivity contribution in [3.8, 4) is 5.75 Å². The smallest absolute Gasteiger partial charge is 0.235 e. The standard InChI is InChI=1S/C25H29N3O7/c1-28(2)19-13-8-12-7-11-6-10(14-4-3-5-27-14)9-15(29)16(11)20(30)17(12)22(32)25(13,35)23(33)18(21(19)31)24(26)34/h6,9,12-14,17-19,27,29,35H,3-5,7-8H2,1-2H3,(H2,26,34). The molecule has 4 aliphatic rings. The first-order chi connectivity index (χ1) is 16.5. The van der Waals surface area contributed by atoms with Crippen LogP contribution >= 0.6 is 0 Å². The van der Waals surface area contributed by atoms with E-state index in [1.807, 2.05) is 6.07 Å². The van der Waals surface area contributed by atoms with E-state index in [1.165, 1.54) is 11.0 Å². The van der Waals surface area contributed by atoms with Crippen molar-refractivity contribution in [2.24, 2.45) is 29.4 Å². The van der Waals surface area contributed by atoms with Crippen molar-refractivity contribution in [3.05, 3.63) is 28.8 Å². The van der Waals surface area contributed by atoms with Crippen LogP contribution in [0.2, 0.25) is 0 Å². The Bertz CT molecular complexity index is 1170. The molecule has 10 heteroatoms. The highest BCUT2D eigenvalue weighted by molar-refractivity contribution is 6.32. The van der Waals surface area contributed by atoms with Gasteiger partial charge in [0.2, 0.25) is 5.91 Å². The highest BCUT2D eigenvalue weighted by Gasteiger charge is 2.69. The van der Waals surface area contributed by atoms with Crippen LogP contribution in [0.1, 0.15) is 46.8 Å². The number of phenols is 1. The number of carbonyl (C=O) groups excluding carboxylic acids is 5. The summed E-state index contributed by atoms with van der Waals surface area (Å²) in [6, 6.07) is 2.37. The van der Waals surface area contributed by atoms with Crippen LogP contribution < -0.4 is 11.1 Å². The second-order valence-corrected chi connectivity index (χ2v) is 10.5. The maximum atomic E-state index is 13.7. The molecule has 35 heavy (non-hydrogen) atoms. The van der Waals surface area contributed by atoms with Crippen molar-refractivity contribution >= 4 is 29.0 Å². The quantitative estimate of drug-likeness (QED) is 0.406. The van der Waals surface area contributed by atoms with Crippen LogP contribution in [0.5, 0.6) is 5.75 Å². The zero-order valence-electron chi connectivity index (χ0n) is 19.6. The molecule has 1 aromatic rings. The first-order valence-corrected chi connectivity index (χ1v) is 11.9. The zero-order chi connectivity index (χ0) is 25.4. The SMILES string of the molecule is CN(C)C1C(=O)C(C(N)=O)C(=O)C2(O)C(=O)C3C(=O)c4c(O)cc(C5CCCN5)cc4CC3CC12. The molecule has 0 spiro atoms. The molecule has 3 aliphatic carbocycles. The number of nitrogens with two attached hydrogens (primary N) is 1. The van der Waals surface area contributed by atoms with Gasteiger partial charge in [-0.2, -0.15) is 0 Å². The molecule has 2 saturated carbocycles.